The van der Waals surface area contributed by atoms with Crippen molar-refractivity contribution >= 4 is 23.9 Å². The lowest BCUT2D eigenvalue weighted by Gasteiger charge is -2.26. The number of oxime groups is 1. The summed E-state index contributed by atoms with van der Waals surface area (Å²) in [5.41, 5.74) is 2.64. The molecule has 2 N–H and O–H groups in total. The van der Waals surface area contributed by atoms with Crippen LogP contribution in [0.25, 0.3) is 0 Å². The molecule has 242 valence electrons. The van der Waals surface area contributed by atoms with Crippen LogP contribution < -0.4 is 10.6 Å². The van der Waals surface area contributed by atoms with Gasteiger partial charge in [-0.25, -0.2) is 14.4 Å². The van der Waals surface area contributed by atoms with Gasteiger partial charge in [0, 0.05) is 19.6 Å². The number of methoxy groups -OCH3 is 1. The zero-order valence-corrected chi connectivity index (χ0v) is 26.9. The van der Waals surface area contributed by atoms with E-state index in [1.165, 1.54) is 0 Å². The molecule has 0 aliphatic heterocycles. The lowest BCUT2D eigenvalue weighted by molar-refractivity contribution is -0.177. The summed E-state index contributed by atoms with van der Waals surface area (Å²) in [6.45, 7) is 11.5. The first-order valence-electron chi connectivity index (χ1n) is 14.8. The highest BCUT2D eigenvalue weighted by molar-refractivity contribution is 6.00. The normalized spacial score (nSPS) is 13.0. The van der Waals surface area contributed by atoms with E-state index in [0.29, 0.717) is 12.2 Å². The number of rotatable bonds is 16. The van der Waals surface area contributed by atoms with E-state index in [1.54, 1.807) is 72.1 Å². The van der Waals surface area contributed by atoms with E-state index in [2.05, 4.69) is 15.8 Å². The number of carbonyl (C=O) groups excluding carboxylic acids is 3. The first-order valence-corrected chi connectivity index (χ1v) is 14.8. The first kappa shape index (κ1) is 36.1. The molecule has 2 amide bonds. The summed E-state index contributed by atoms with van der Waals surface area (Å²) in [6.07, 6.45) is -0.281. The molecule has 2 atom stereocenters. The summed E-state index contributed by atoms with van der Waals surface area (Å²) in [5.74, 6) is -1.18. The van der Waals surface area contributed by atoms with Crippen LogP contribution in [0.3, 0.4) is 0 Å². The standard InChI is InChI=1S/C33H47N3O8/c1-23(2)30(42-29(37)28(26-13-9-8-10-14-26)35-32(39)44-33(4,5)6)43-31(38)34-20-22-41-36-27(15-11-12-21-40-7)25-18-16-24(3)17-19-25/h8-10,13-14,16-19,23,28,30H,11-12,15,20-22H2,1-7H3,(H,34,38)(H,35,39)/b36-27+/t28-,30?/m0/s1. The summed E-state index contributed by atoms with van der Waals surface area (Å²) in [4.78, 5) is 43.7. The van der Waals surface area contributed by atoms with Crippen LogP contribution in [0, 0.1) is 12.8 Å². The number of benzene rings is 2. The van der Waals surface area contributed by atoms with E-state index >= 15 is 0 Å². The summed E-state index contributed by atoms with van der Waals surface area (Å²) >= 11 is 0. The number of ether oxygens (including phenoxy) is 4. The predicted octanol–water partition coefficient (Wildman–Crippen LogP) is 6.05. The summed E-state index contributed by atoms with van der Waals surface area (Å²) in [7, 11) is 1.68. The molecular weight excluding hydrogens is 566 g/mol. The summed E-state index contributed by atoms with van der Waals surface area (Å²) in [5, 5.41) is 9.45. The number of carbonyl (C=O) groups is 3. The maximum atomic E-state index is 13.2. The van der Waals surface area contributed by atoms with Crippen LogP contribution in [-0.2, 0) is 28.6 Å². The third kappa shape index (κ3) is 13.9. The molecule has 0 saturated heterocycles. The summed E-state index contributed by atoms with van der Waals surface area (Å²) in [6, 6.07) is 15.5. The predicted molar refractivity (Wildman–Crippen MR) is 167 cm³/mol. The molecule has 0 radical (unpaired) electrons. The monoisotopic (exact) mass is 613 g/mol. The molecule has 0 aliphatic rings. The molecule has 0 saturated carbocycles. The molecule has 0 heterocycles. The largest absolute Gasteiger partial charge is 0.444 e. The SMILES string of the molecule is COCCCC/C(=N\OCCNC(=O)OC(OC(=O)[C@@H](NC(=O)OC(C)(C)C)c1ccccc1)C(C)C)c1ccc(C)cc1. The van der Waals surface area contributed by atoms with Gasteiger partial charge in [-0.2, -0.15) is 0 Å². The molecule has 2 aromatic rings. The quantitative estimate of drug-likeness (QED) is 0.0769. The van der Waals surface area contributed by atoms with E-state index < -0.39 is 36.1 Å². The average Bonchev–Trinajstić information content (AvgIpc) is 2.96. The second-order valence-electron chi connectivity index (χ2n) is 11.6. The van der Waals surface area contributed by atoms with E-state index in [0.717, 1.165) is 36.1 Å². The van der Waals surface area contributed by atoms with Gasteiger partial charge in [-0.05, 0) is 58.1 Å². The Bertz CT molecular complexity index is 1190. The molecule has 44 heavy (non-hydrogen) atoms. The van der Waals surface area contributed by atoms with Crippen LogP contribution in [-0.4, -0.2) is 62.6 Å². The van der Waals surface area contributed by atoms with Gasteiger partial charge < -0.3 is 34.4 Å². The van der Waals surface area contributed by atoms with Gasteiger partial charge in [-0.3, -0.25) is 0 Å². The fourth-order valence-electron chi connectivity index (χ4n) is 3.82. The number of unbranched alkanes of at least 4 members (excludes halogenated alkanes) is 1. The van der Waals surface area contributed by atoms with Crippen molar-refractivity contribution in [1.82, 2.24) is 10.6 Å². The highest BCUT2D eigenvalue weighted by atomic mass is 16.7. The lowest BCUT2D eigenvalue weighted by Crippen LogP contribution is -2.41. The van der Waals surface area contributed by atoms with E-state index in [-0.39, 0.29) is 19.1 Å². The second-order valence-corrected chi connectivity index (χ2v) is 11.6. The zero-order chi connectivity index (χ0) is 32.5. The van der Waals surface area contributed by atoms with Gasteiger partial charge in [0.15, 0.2) is 6.04 Å². The van der Waals surface area contributed by atoms with E-state index in [4.69, 9.17) is 23.8 Å². The van der Waals surface area contributed by atoms with Gasteiger partial charge in [0.2, 0.25) is 0 Å². The molecular formula is C33H47N3O8. The van der Waals surface area contributed by atoms with Crippen molar-refractivity contribution < 1.29 is 38.2 Å². The van der Waals surface area contributed by atoms with Crippen molar-refractivity contribution in [2.24, 2.45) is 11.1 Å². The smallest absolute Gasteiger partial charge is 0.410 e. The third-order valence-electron chi connectivity index (χ3n) is 6.06. The third-order valence-corrected chi connectivity index (χ3v) is 6.06. The van der Waals surface area contributed by atoms with Crippen molar-refractivity contribution in [1.29, 1.82) is 0 Å². The highest BCUT2D eigenvalue weighted by Gasteiger charge is 2.31. The minimum Gasteiger partial charge on any atom is -0.444 e. The summed E-state index contributed by atoms with van der Waals surface area (Å²) < 4.78 is 21.4. The van der Waals surface area contributed by atoms with Crippen molar-refractivity contribution in [2.45, 2.75) is 78.7 Å². The highest BCUT2D eigenvalue weighted by Crippen LogP contribution is 2.19. The van der Waals surface area contributed by atoms with Crippen molar-refractivity contribution in [3.63, 3.8) is 0 Å². The Labute approximate surface area is 260 Å². The van der Waals surface area contributed by atoms with Gasteiger partial charge in [-0.15, -0.1) is 0 Å². The molecule has 2 aromatic carbocycles. The molecule has 0 spiro atoms. The minimum absolute atomic E-state index is 0.102. The van der Waals surface area contributed by atoms with Gasteiger partial charge >= 0.3 is 18.2 Å². The Morgan fingerprint density at radius 3 is 2.18 bits per heavy atom. The van der Waals surface area contributed by atoms with E-state index in [9.17, 15) is 14.4 Å². The molecule has 2 rings (SSSR count). The van der Waals surface area contributed by atoms with Crippen LogP contribution in [0.15, 0.2) is 59.8 Å². The van der Waals surface area contributed by atoms with Gasteiger partial charge in [-0.1, -0.05) is 79.2 Å². The number of hydrogen-bond donors (Lipinski definition) is 2. The van der Waals surface area contributed by atoms with Crippen LogP contribution in [0.5, 0.6) is 0 Å². The second kappa shape index (κ2) is 18.5. The van der Waals surface area contributed by atoms with Gasteiger partial charge in [0.05, 0.1) is 12.3 Å². The number of amides is 2. The van der Waals surface area contributed by atoms with Crippen molar-refractivity contribution in [2.75, 3.05) is 26.9 Å². The molecule has 0 aromatic heterocycles. The zero-order valence-electron chi connectivity index (χ0n) is 26.9. The number of esters is 1. The molecule has 0 bridgehead atoms. The maximum Gasteiger partial charge on any atom is 0.410 e. The lowest BCUT2D eigenvalue weighted by atomic mass is 10.0. The Morgan fingerprint density at radius 2 is 1.57 bits per heavy atom. The first-order chi connectivity index (χ1) is 20.9. The van der Waals surface area contributed by atoms with Crippen LogP contribution in [0.2, 0.25) is 0 Å². The van der Waals surface area contributed by atoms with Crippen molar-refractivity contribution in [3.8, 4) is 0 Å². The minimum atomic E-state index is -1.21. The van der Waals surface area contributed by atoms with Crippen molar-refractivity contribution in [3.05, 3.63) is 71.3 Å². The Hall–Kier alpha value is -4.12. The number of nitrogens with one attached hydrogen (secondary N) is 2. The Morgan fingerprint density at radius 1 is 0.886 bits per heavy atom. The fourth-order valence-corrected chi connectivity index (χ4v) is 3.82. The van der Waals surface area contributed by atoms with Gasteiger partial charge in [0.25, 0.3) is 6.29 Å². The molecule has 11 nitrogen and oxygen atoms in total. The molecule has 1 unspecified atom stereocenters. The number of aryl methyl sites for hydroxylation is 1. The van der Waals surface area contributed by atoms with Crippen LogP contribution in [0.1, 0.15) is 76.6 Å². The molecule has 0 fully saturated rings. The Kier molecular flexibility index (Phi) is 15.2. The fraction of sp³-hybridized carbons (Fsp3) is 0.515. The van der Waals surface area contributed by atoms with Crippen LogP contribution >= 0.6 is 0 Å². The van der Waals surface area contributed by atoms with Crippen LogP contribution in [0.4, 0.5) is 9.59 Å². The molecule has 11 heteroatoms. The number of nitrogens with zero attached hydrogens (tertiary/aromatic N) is 1. The molecule has 0 aliphatic carbocycles. The topological polar surface area (TPSA) is 134 Å². The maximum absolute atomic E-state index is 13.2. The van der Waals surface area contributed by atoms with Gasteiger partial charge in [0.1, 0.15) is 12.2 Å². The number of hydrogen-bond acceptors (Lipinski definition) is 9. The number of alkyl carbamates (subject to hydrolysis) is 2. The van der Waals surface area contributed by atoms with E-state index in [1.807, 2.05) is 31.2 Å². The average molecular weight is 614 g/mol. The Balaban J connectivity index is 1.95.